The summed E-state index contributed by atoms with van der Waals surface area (Å²) >= 11 is 0. The smallest absolute Gasteiger partial charge is 0.206 e. The number of nitrogens with two attached hydrogens (primary N) is 1. The molecule has 2 aromatic rings. The first-order chi connectivity index (χ1) is 7.69. The van der Waals surface area contributed by atoms with Crippen molar-refractivity contribution in [3.8, 4) is 6.07 Å². The highest BCUT2D eigenvalue weighted by Gasteiger charge is 2.06. The lowest BCUT2D eigenvalue weighted by Crippen LogP contribution is -2.04. The molecule has 0 spiro atoms. The zero-order valence-electron chi connectivity index (χ0n) is 8.26. The van der Waals surface area contributed by atoms with Crippen molar-refractivity contribution < 1.29 is 4.39 Å². The number of nitrogens with zero attached hydrogens (tertiary/aromatic N) is 4. The van der Waals surface area contributed by atoms with E-state index in [1.165, 1.54) is 16.9 Å². The molecule has 0 saturated carbocycles. The maximum atomic E-state index is 12.6. The summed E-state index contributed by atoms with van der Waals surface area (Å²) in [4.78, 5) is 1.31. The predicted octanol–water partition coefficient (Wildman–Crippen LogP) is 0.919. The van der Waals surface area contributed by atoms with Crippen LogP contribution in [-0.4, -0.2) is 15.0 Å². The van der Waals surface area contributed by atoms with Gasteiger partial charge in [-0.2, -0.15) is 10.1 Å². The van der Waals surface area contributed by atoms with E-state index in [0.717, 1.165) is 5.56 Å². The van der Waals surface area contributed by atoms with Gasteiger partial charge in [0, 0.05) is 0 Å². The van der Waals surface area contributed by atoms with Gasteiger partial charge in [-0.25, -0.2) is 4.39 Å². The van der Waals surface area contributed by atoms with Crippen LogP contribution in [0.1, 0.15) is 11.3 Å². The fourth-order valence-electron chi connectivity index (χ4n) is 1.26. The molecule has 2 N–H and O–H groups in total. The van der Waals surface area contributed by atoms with Gasteiger partial charge >= 0.3 is 0 Å². The lowest BCUT2D eigenvalue weighted by atomic mass is 10.2. The van der Waals surface area contributed by atoms with E-state index in [-0.39, 0.29) is 17.3 Å². The van der Waals surface area contributed by atoms with Crippen LogP contribution in [0.15, 0.2) is 24.3 Å². The first-order valence-electron chi connectivity index (χ1n) is 4.54. The summed E-state index contributed by atoms with van der Waals surface area (Å²) in [6, 6.07) is 7.79. The molecule has 16 heavy (non-hydrogen) atoms. The molecule has 0 atom stereocenters. The lowest BCUT2D eigenvalue weighted by Gasteiger charge is -1.99. The zero-order valence-corrected chi connectivity index (χ0v) is 8.26. The molecule has 0 fully saturated rings. The van der Waals surface area contributed by atoms with Gasteiger partial charge in [0.25, 0.3) is 0 Å². The van der Waals surface area contributed by atoms with E-state index in [2.05, 4.69) is 10.2 Å². The Morgan fingerprint density at radius 2 is 2.00 bits per heavy atom. The van der Waals surface area contributed by atoms with Gasteiger partial charge in [-0.05, 0) is 17.7 Å². The molecule has 0 unspecified atom stereocenters. The normalized spacial score (nSPS) is 10.0. The molecular weight excluding hydrogens is 209 g/mol. The van der Waals surface area contributed by atoms with Crippen molar-refractivity contribution in [1.29, 1.82) is 5.26 Å². The van der Waals surface area contributed by atoms with Gasteiger partial charge in [0.15, 0.2) is 5.82 Å². The van der Waals surface area contributed by atoms with Crippen LogP contribution in [-0.2, 0) is 6.54 Å². The van der Waals surface area contributed by atoms with Crippen molar-refractivity contribution in [1.82, 2.24) is 15.0 Å². The number of rotatable bonds is 2. The molecular formula is C10H8FN5. The molecule has 1 aromatic heterocycles. The molecule has 1 aromatic carbocycles. The second kappa shape index (κ2) is 3.98. The Morgan fingerprint density at radius 1 is 1.31 bits per heavy atom. The van der Waals surface area contributed by atoms with Crippen LogP contribution < -0.4 is 5.73 Å². The second-order valence-electron chi connectivity index (χ2n) is 3.20. The van der Waals surface area contributed by atoms with Crippen LogP contribution in [0.2, 0.25) is 0 Å². The third-order valence-corrected chi connectivity index (χ3v) is 2.02. The molecule has 6 heteroatoms. The van der Waals surface area contributed by atoms with Crippen molar-refractivity contribution in [3.63, 3.8) is 0 Å². The molecule has 2 rings (SSSR count). The van der Waals surface area contributed by atoms with Gasteiger partial charge in [-0.15, -0.1) is 10.2 Å². The first kappa shape index (κ1) is 10.1. The van der Waals surface area contributed by atoms with Gasteiger partial charge in [0.1, 0.15) is 11.9 Å². The summed E-state index contributed by atoms with van der Waals surface area (Å²) in [7, 11) is 0. The van der Waals surface area contributed by atoms with Crippen LogP contribution in [0.4, 0.5) is 10.2 Å². The maximum Gasteiger partial charge on any atom is 0.206 e. The van der Waals surface area contributed by atoms with Gasteiger partial charge in [-0.3, -0.25) is 0 Å². The van der Waals surface area contributed by atoms with Crippen LogP contribution in [0.5, 0.6) is 0 Å². The Balaban J connectivity index is 2.21. The third kappa shape index (κ3) is 1.98. The molecule has 0 aliphatic heterocycles. The first-order valence-corrected chi connectivity index (χ1v) is 4.54. The average molecular weight is 217 g/mol. The highest BCUT2D eigenvalue weighted by atomic mass is 19.1. The van der Waals surface area contributed by atoms with Crippen LogP contribution in [0.25, 0.3) is 0 Å². The van der Waals surface area contributed by atoms with Crippen molar-refractivity contribution in [2.24, 2.45) is 0 Å². The summed E-state index contributed by atoms with van der Waals surface area (Å²) in [5.74, 6) is -0.195. The van der Waals surface area contributed by atoms with Gasteiger partial charge in [0.05, 0.1) is 6.54 Å². The molecule has 0 bridgehead atoms. The Kier molecular flexibility index (Phi) is 2.52. The summed E-state index contributed by atoms with van der Waals surface area (Å²) in [6.45, 7) is 0.353. The number of nitrogen functional groups attached to an aromatic ring is 1. The van der Waals surface area contributed by atoms with E-state index in [4.69, 9.17) is 11.0 Å². The average Bonchev–Trinajstić information content (AvgIpc) is 2.62. The second-order valence-corrected chi connectivity index (χ2v) is 3.20. The minimum Gasteiger partial charge on any atom is -0.380 e. The molecule has 80 valence electrons. The van der Waals surface area contributed by atoms with E-state index < -0.39 is 0 Å². The third-order valence-electron chi connectivity index (χ3n) is 2.02. The maximum absolute atomic E-state index is 12.6. The topological polar surface area (TPSA) is 80.5 Å². The summed E-state index contributed by atoms with van der Waals surface area (Å²) in [6.07, 6.45) is 0. The van der Waals surface area contributed by atoms with Crippen molar-refractivity contribution in [3.05, 3.63) is 41.3 Å². The van der Waals surface area contributed by atoms with E-state index in [9.17, 15) is 4.39 Å². The predicted molar refractivity (Wildman–Crippen MR) is 54.7 cm³/mol. The molecule has 0 aliphatic carbocycles. The van der Waals surface area contributed by atoms with Gasteiger partial charge in [0.2, 0.25) is 5.69 Å². The largest absolute Gasteiger partial charge is 0.380 e. The van der Waals surface area contributed by atoms with Gasteiger partial charge < -0.3 is 5.73 Å². The van der Waals surface area contributed by atoms with Crippen molar-refractivity contribution in [2.75, 3.05) is 5.73 Å². The summed E-state index contributed by atoms with van der Waals surface area (Å²) < 4.78 is 12.6. The molecule has 0 saturated heterocycles. The number of benzene rings is 1. The van der Waals surface area contributed by atoms with Crippen molar-refractivity contribution >= 4 is 5.82 Å². The quantitative estimate of drug-likeness (QED) is 0.811. The molecule has 0 radical (unpaired) electrons. The molecule has 0 aliphatic rings. The lowest BCUT2D eigenvalue weighted by molar-refractivity contribution is 0.587. The Labute approximate surface area is 90.9 Å². The standard InChI is InChI=1S/C10H8FN5/c11-8-3-1-7(2-4-8)6-16-14-9(5-12)10(13)15-16/h1-4H,6H2,(H2,13,15). The van der Waals surface area contributed by atoms with E-state index >= 15 is 0 Å². The number of nitriles is 1. The fourth-order valence-corrected chi connectivity index (χ4v) is 1.26. The van der Waals surface area contributed by atoms with E-state index in [1.54, 1.807) is 12.1 Å². The fraction of sp³-hybridized carbons (Fsp3) is 0.100. The number of anilines is 1. The molecule has 0 amide bonds. The van der Waals surface area contributed by atoms with Crippen LogP contribution in [0, 0.1) is 17.1 Å². The zero-order chi connectivity index (χ0) is 11.5. The highest BCUT2D eigenvalue weighted by Crippen LogP contribution is 2.07. The SMILES string of the molecule is N#Cc1nn(Cc2ccc(F)cc2)nc1N. The van der Waals surface area contributed by atoms with E-state index in [0.29, 0.717) is 6.54 Å². The Hall–Kier alpha value is -2.42. The summed E-state index contributed by atoms with van der Waals surface area (Å²) in [5, 5.41) is 16.4. The monoisotopic (exact) mass is 217 g/mol. The molecule has 1 heterocycles. The van der Waals surface area contributed by atoms with Gasteiger partial charge in [-0.1, -0.05) is 12.1 Å². The van der Waals surface area contributed by atoms with E-state index in [1.807, 2.05) is 6.07 Å². The van der Waals surface area contributed by atoms with Crippen molar-refractivity contribution in [2.45, 2.75) is 6.54 Å². The minimum absolute atomic E-state index is 0.0992. The molecule has 5 nitrogen and oxygen atoms in total. The minimum atomic E-state index is -0.297. The highest BCUT2D eigenvalue weighted by molar-refractivity contribution is 5.41. The number of hydrogen-bond acceptors (Lipinski definition) is 4. The Morgan fingerprint density at radius 3 is 2.56 bits per heavy atom. The number of halogens is 1. The number of hydrogen-bond donors (Lipinski definition) is 1. The van der Waals surface area contributed by atoms with Crippen LogP contribution >= 0.6 is 0 Å². The van der Waals surface area contributed by atoms with Crippen LogP contribution in [0.3, 0.4) is 0 Å². The number of aromatic nitrogens is 3. The Bertz CT molecular complexity index is 537. The summed E-state index contributed by atoms with van der Waals surface area (Å²) in [5.41, 5.74) is 6.39.